The van der Waals surface area contributed by atoms with Crippen molar-refractivity contribution in [2.75, 3.05) is 13.7 Å². The van der Waals surface area contributed by atoms with Crippen LogP contribution < -0.4 is 0 Å². The first-order valence-corrected chi connectivity index (χ1v) is 10.6. The zero-order chi connectivity index (χ0) is 22.7. The van der Waals surface area contributed by atoms with E-state index >= 15 is 0 Å². The van der Waals surface area contributed by atoms with E-state index in [4.69, 9.17) is 9.47 Å². The second-order valence-electron chi connectivity index (χ2n) is 7.45. The largest absolute Gasteiger partial charge is 0.501 e. The van der Waals surface area contributed by atoms with Crippen molar-refractivity contribution in [2.45, 2.75) is 66.2 Å². The van der Waals surface area contributed by atoms with Gasteiger partial charge in [-0.15, -0.1) is 11.3 Å². The minimum Gasteiger partial charge on any atom is -0.501 e. The van der Waals surface area contributed by atoms with Crippen molar-refractivity contribution >= 4 is 17.3 Å². The zero-order valence-electron chi connectivity index (χ0n) is 18.7. The van der Waals surface area contributed by atoms with E-state index in [9.17, 15) is 15.3 Å². The molecule has 1 aromatic rings. The third-order valence-corrected chi connectivity index (χ3v) is 5.78. The van der Waals surface area contributed by atoms with E-state index in [0.717, 1.165) is 5.69 Å². The van der Waals surface area contributed by atoms with E-state index in [2.05, 4.69) is 25.4 Å². The number of nitriles is 2. The summed E-state index contributed by atoms with van der Waals surface area (Å²) in [5.74, 6) is -1.18. The van der Waals surface area contributed by atoms with Crippen LogP contribution in [0.5, 0.6) is 0 Å². The van der Waals surface area contributed by atoms with Gasteiger partial charge in [-0.2, -0.15) is 10.5 Å². The summed E-state index contributed by atoms with van der Waals surface area (Å²) in [5.41, 5.74) is -1.02. The van der Waals surface area contributed by atoms with Crippen LogP contribution in [0, 0.1) is 34.0 Å². The highest BCUT2D eigenvalue weighted by Crippen LogP contribution is 2.37. The predicted octanol–water partition coefficient (Wildman–Crippen LogP) is 5.16. The molecule has 0 amide bonds. The maximum absolute atomic E-state index is 12.5. The molecule has 1 aromatic heterocycles. The van der Waals surface area contributed by atoms with Gasteiger partial charge in [0, 0.05) is 17.2 Å². The number of rotatable bonds is 9. The average Bonchev–Trinajstić information content (AvgIpc) is 3.16. The van der Waals surface area contributed by atoms with Crippen molar-refractivity contribution in [1.29, 1.82) is 10.5 Å². The molecule has 29 heavy (non-hydrogen) atoms. The fraction of sp³-hybridized carbons (Fsp3) is 0.636. The maximum Gasteiger partial charge on any atom is 0.321 e. The minimum absolute atomic E-state index is 0.164. The number of carbonyl (C=O) groups excluding carboxylic acids is 1. The normalized spacial score (nSPS) is 12.6. The van der Waals surface area contributed by atoms with Crippen molar-refractivity contribution in [3.8, 4) is 12.1 Å². The van der Waals surface area contributed by atoms with Crippen LogP contribution in [0.15, 0.2) is 17.7 Å². The summed E-state index contributed by atoms with van der Waals surface area (Å²) in [5, 5.41) is 20.8. The monoisotopic (exact) mass is 419 g/mol. The maximum atomic E-state index is 12.5. The first-order chi connectivity index (χ1) is 13.6. The van der Waals surface area contributed by atoms with Gasteiger partial charge in [-0.05, 0) is 13.8 Å². The topological polar surface area (TPSA) is 96.0 Å². The van der Waals surface area contributed by atoms with Gasteiger partial charge in [0.05, 0.1) is 37.3 Å². The van der Waals surface area contributed by atoms with Crippen molar-refractivity contribution < 1.29 is 14.3 Å². The van der Waals surface area contributed by atoms with E-state index in [1.54, 1.807) is 14.0 Å². The number of ether oxygens (including phenoxy) is 2. The van der Waals surface area contributed by atoms with Gasteiger partial charge < -0.3 is 9.47 Å². The number of hydrogen-bond donors (Lipinski definition) is 0. The Hall–Kier alpha value is -2.38. The number of aromatic nitrogens is 1. The number of nitrogens with zero attached hydrogens (tertiary/aromatic N) is 3. The van der Waals surface area contributed by atoms with Crippen LogP contribution in [0.3, 0.4) is 0 Å². The third-order valence-electron chi connectivity index (χ3n) is 4.66. The molecule has 0 aliphatic heterocycles. The Kier molecular flexibility index (Phi) is 11.2. The molecule has 0 N–H and O–H groups in total. The molecule has 7 heteroatoms. The number of hydrogen-bond acceptors (Lipinski definition) is 7. The summed E-state index contributed by atoms with van der Waals surface area (Å²) in [4.78, 5) is 17.0. The van der Waals surface area contributed by atoms with Crippen LogP contribution in [-0.4, -0.2) is 24.7 Å². The van der Waals surface area contributed by atoms with Crippen LogP contribution in [0.2, 0.25) is 0 Å². The van der Waals surface area contributed by atoms with Gasteiger partial charge in [0.2, 0.25) is 0 Å². The quantitative estimate of drug-likeness (QED) is 0.405. The average molecular weight is 420 g/mol. The lowest BCUT2D eigenvalue weighted by Gasteiger charge is -2.26. The molecule has 0 aliphatic carbocycles. The van der Waals surface area contributed by atoms with Crippen molar-refractivity contribution in [3.05, 3.63) is 28.4 Å². The third kappa shape index (κ3) is 6.87. The smallest absolute Gasteiger partial charge is 0.321 e. The number of unbranched alkanes of at least 4 members (excludes halogenated alkanes) is 1. The Bertz CT molecular complexity index is 742. The van der Waals surface area contributed by atoms with Gasteiger partial charge in [-0.1, -0.05) is 47.1 Å². The fourth-order valence-corrected chi connectivity index (χ4v) is 3.35. The summed E-state index contributed by atoms with van der Waals surface area (Å²) in [7, 11) is 1.57. The molecule has 0 aromatic carbocycles. The van der Waals surface area contributed by atoms with Crippen LogP contribution in [0.25, 0.3) is 0 Å². The van der Waals surface area contributed by atoms with E-state index in [1.807, 2.05) is 31.4 Å². The summed E-state index contributed by atoms with van der Waals surface area (Å²) in [6, 6.07) is 3.77. The first kappa shape index (κ1) is 26.6. The molecule has 1 heterocycles. The van der Waals surface area contributed by atoms with E-state index in [0.29, 0.717) is 17.2 Å². The number of esters is 1. The van der Waals surface area contributed by atoms with Gasteiger partial charge in [0.1, 0.15) is 10.4 Å². The molecule has 1 unspecified atom stereocenters. The lowest BCUT2D eigenvalue weighted by atomic mass is 9.79. The molecule has 0 saturated carbocycles. The Morgan fingerprint density at radius 1 is 1.24 bits per heavy atom. The predicted molar refractivity (Wildman–Crippen MR) is 115 cm³/mol. The summed E-state index contributed by atoms with van der Waals surface area (Å²) in [6.07, 6.45) is 3.19. The number of allylic oxidation sites excluding steroid dienone is 1. The number of thiazole rings is 1. The van der Waals surface area contributed by atoms with Gasteiger partial charge in [-0.25, -0.2) is 4.98 Å². The summed E-state index contributed by atoms with van der Waals surface area (Å²) in [6.45, 7) is 15.6. The molecule has 0 fully saturated rings. The second kappa shape index (κ2) is 12.2. The number of carbonyl (C=O) groups is 1. The van der Waals surface area contributed by atoms with Crippen LogP contribution in [-0.2, 0) is 26.1 Å². The molecule has 0 radical (unpaired) electrons. The second-order valence-corrected chi connectivity index (χ2v) is 8.30. The molecule has 160 valence electrons. The Morgan fingerprint density at radius 2 is 1.79 bits per heavy atom. The van der Waals surface area contributed by atoms with Crippen LogP contribution >= 0.6 is 11.3 Å². The Labute approximate surface area is 179 Å². The highest BCUT2D eigenvalue weighted by Gasteiger charge is 2.48. The Morgan fingerprint density at radius 3 is 2.21 bits per heavy atom. The molecule has 0 saturated heterocycles. The molecule has 1 rings (SSSR count). The molecular weight excluding hydrogens is 386 g/mol. The fourth-order valence-electron chi connectivity index (χ4n) is 2.35. The van der Waals surface area contributed by atoms with Gasteiger partial charge in [0.25, 0.3) is 0 Å². The SMILES string of the molecule is C=C(OC)C(C)(C)Cc1csc(C(C)(C(=O)OCC)C(C#N)C#N)n1.CCCC. The molecule has 0 bridgehead atoms. The summed E-state index contributed by atoms with van der Waals surface area (Å²) < 4.78 is 10.3. The molecule has 1 atom stereocenters. The highest BCUT2D eigenvalue weighted by molar-refractivity contribution is 7.10. The van der Waals surface area contributed by atoms with Crippen molar-refractivity contribution in [1.82, 2.24) is 4.98 Å². The summed E-state index contributed by atoms with van der Waals surface area (Å²) >= 11 is 1.25. The van der Waals surface area contributed by atoms with Gasteiger partial charge in [-0.3, -0.25) is 4.79 Å². The highest BCUT2D eigenvalue weighted by atomic mass is 32.1. The van der Waals surface area contributed by atoms with E-state index in [-0.39, 0.29) is 12.0 Å². The molecule has 0 spiro atoms. The number of methoxy groups -OCH3 is 1. The van der Waals surface area contributed by atoms with Crippen LogP contribution in [0.4, 0.5) is 0 Å². The zero-order valence-corrected chi connectivity index (χ0v) is 19.5. The van der Waals surface area contributed by atoms with Crippen molar-refractivity contribution in [2.24, 2.45) is 11.3 Å². The first-order valence-electron chi connectivity index (χ1n) is 9.73. The minimum atomic E-state index is -1.43. The molecular formula is C22H33N3O3S. The Balaban J connectivity index is 0.00000178. The molecule has 6 nitrogen and oxygen atoms in total. The van der Waals surface area contributed by atoms with E-state index in [1.165, 1.54) is 31.1 Å². The van der Waals surface area contributed by atoms with Gasteiger partial charge >= 0.3 is 5.97 Å². The lowest BCUT2D eigenvalue weighted by Crippen LogP contribution is -2.40. The van der Waals surface area contributed by atoms with E-state index < -0.39 is 17.3 Å². The van der Waals surface area contributed by atoms with Crippen LogP contribution in [0.1, 0.15) is 65.1 Å². The molecule has 0 aliphatic rings. The lowest BCUT2D eigenvalue weighted by molar-refractivity contribution is -0.150. The van der Waals surface area contributed by atoms with Gasteiger partial charge in [0.15, 0.2) is 5.92 Å². The van der Waals surface area contributed by atoms with Crippen molar-refractivity contribution in [3.63, 3.8) is 0 Å². The standard InChI is InChI=1S/C18H23N3O3S.C4H10/c1-7-24-16(22)18(5,13(9-19)10-20)15-21-14(11-25-15)8-17(3,4)12(2)23-6;1-3-4-2/h11,13H,2,7-8H2,1,3-6H3;3-4H2,1-2H3.